The Bertz CT molecular complexity index is 1180. The Kier molecular flexibility index (Phi) is 4.77. The van der Waals surface area contributed by atoms with Crippen LogP contribution in [-0.2, 0) is 9.84 Å². The van der Waals surface area contributed by atoms with Crippen LogP contribution >= 0.6 is 0 Å². The molecule has 1 aliphatic heterocycles. The van der Waals surface area contributed by atoms with E-state index in [1.54, 1.807) is 22.9 Å². The highest BCUT2D eigenvalue weighted by atomic mass is 32.2. The van der Waals surface area contributed by atoms with Gasteiger partial charge in [0.15, 0.2) is 9.84 Å². The second kappa shape index (κ2) is 7.14. The van der Waals surface area contributed by atoms with E-state index in [1.165, 1.54) is 0 Å². The van der Waals surface area contributed by atoms with E-state index in [9.17, 15) is 13.2 Å². The van der Waals surface area contributed by atoms with Crippen LogP contribution in [0.2, 0.25) is 0 Å². The van der Waals surface area contributed by atoms with Gasteiger partial charge in [0, 0.05) is 17.3 Å². The minimum absolute atomic E-state index is 0.0499. The van der Waals surface area contributed by atoms with Gasteiger partial charge in [-0.25, -0.2) is 17.8 Å². The molecule has 0 saturated carbocycles. The average Bonchev–Trinajstić information content (AvgIpc) is 3.31. The fraction of sp³-hybridized carbons (Fsp3) is 0.350. The number of rotatable bonds is 4. The highest BCUT2D eigenvalue weighted by molar-refractivity contribution is 7.91. The fourth-order valence-electron chi connectivity index (χ4n) is 3.69. The molecule has 0 unspecified atom stereocenters. The van der Waals surface area contributed by atoms with Gasteiger partial charge < -0.3 is 5.32 Å². The Labute approximate surface area is 169 Å². The predicted molar refractivity (Wildman–Crippen MR) is 110 cm³/mol. The summed E-state index contributed by atoms with van der Waals surface area (Å²) in [6, 6.07) is 10.7. The molecule has 3 aromatic rings. The van der Waals surface area contributed by atoms with Crippen molar-refractivity contribution in [1.29, 1.82) is 0 Å². The SMILES string of the molecule is Cc1cc(C)n(-c2ccc(C(=O)Nc3cc(C)nn3[C@@H]3CCS(=O)(=O)C3)cc2)n1. The Hall–Kier alpha value is -2.94. The van der Waals surface area contributed by atoms with Gasteiger partial charge in [0.25, 0.3) is 5.91 Å². The molecule has 9 heteroatoms. The van der Waals surface area contributed by atoms with Crippen LogP contribution in [0.25, 0.3) is 5.69 Å². The summed E-state index contributed by atoms with van der Waals surface area (Å²) in [7, 11) is -3.05. The molecule has 1 aliphatic rings. The van der Waals surface area contributed by atoms with Crippen LogP contribution in [0.5, 0.6) is 0 Å². The molecule has 0 radical (unpaired) electrons. The predicted octanol–water partition coefficient (Wildman–Crippen LogP) is 2.61. The smallest absolute Gasteiger partial charge is 0.256 e. The van der Waals surface area contributed by atoms with E-state index in [0.29, 0.717) is 17.8 Å². The van der Waals surface area contributed by atoms with Crippen molar-refractivity contribution < 1.29 is 13.2 Å². The zero-order valence-electron chi connectivity index (χ0n) is 16.6. The van der Waals surface area contributed by atoms with Crippen LogP contribution in [0, 0.1) is 20.8 Å². The number of benzene rings is 1. The molecule has 29 heavy (non-hydrogen) atoms. The average molecular weight is 414 g/mol. The number of sulfone groups is 1. The van der Waals surface area contributed by atoms with Gasteiger partial charge in [-0.05, 0) is 57.5 Å². The third-order valence-corrected chi connectivity index (χ3v) is 6.79. The molecular formula is C20H23N5O3S. The number of hydrogen-bond donors (Lipinski definition) is 1. The first-order valence-electron chi connectivity index (χ1n) is 9.43. The fourth-order valence-corrected chi connectivity index (χ4v) is 5.38. The first-order chi connectivity index (χ1) is 13.7. The van der Waals surface area contributed by atoms with Gasteiger partial charge in [0.2, 0.25) is 0 Å². The van der Waals surface area contributed by atoms with Gasteiger partial charge in [-0.2, -0.15) is 10.2 Å². The van der Waals surface area contributed by atoms with Gasteiger partial charge in [0.1, 0.15) is 5.82 Å². The first kappa shape index (κ1) is 19.4. The number of hydrogen-bond acceptors (Lipinski definition) is 5. The third-order valence-electron chi connectivity index (χ3n) is 5.04. The Balaban J connectivity index is 1.54. The topological polar surface area (TPSA) is 98.9 Å². The zero-order chi connectivity index (χ0) is 20.8. The molecule has 1 aromatic carbocycles. The van der Waals surface area contributed by atoms with Gasteiger partial charge in [0.05, 0.1) is 34.6 Å². The molecule has 1 atom stereocenters. The molecule has 0 spiro atoms. The second-order valence-corrected chi connectivity index (χ2v) is 9.74. The van der Waals surface area contributed by atoms with Crippen molar-refractivity contribution in [1.82, 2.24) is 19.6 Å². The molecule has 152 valence electrons. The standard InChI is InChI=1S/C20H23N5O3S/c1-13-10-15(3)24(22-13)17-6-4-16(5-7-17)20(26)21-19-11-14(2)23-25(19)18-8-9-29(27,28)12-18/h4-7,10-11,18H,8-9,12H2,1-3H3,(H,21,26)/t18-/m1/s1. The molecule has 2 aromatic heterocycles. The van der Waals surface area contributed by atoms with E-state index in [4.69, 9.17) is 0 Å². The molecule has 1 N–H and O–H groups in total. The highest BCUT2D eigenvalue weighted by Gasteiger charge is 2.31. The number of amides is 1. The number of nitrogens with zero attached hydrogens (tertiary/aromatic N) is 4. The lowest BCUT2D eigenvalue weighted by Crippen LogP contribution is -2.19. The number of carbonyl (C=O) groups is 1. The van der Waals surface area contributed by atoms with Crippen molar-refractivity contribution in [3.05, 3.63) is 59.0 Å². The lowest BCUT2D eigenvalue weighted by Gasteiger charge is -2.14. The van der Waals surface area contributed by atoms with Crippen molar-refractivity contribution in [3.63, 3.8) is 0 Å². The number of anilines is 1. The molecular weight excluding hydrogens is 390 g/mol. The normalized spacial score (nSPS) is 18.1. The molecule has 0 bridgehead atoms. The summed E-state index contributed by atoms with van der Waals surface area (Å²) in [5, 5.41) is 11.7. The summed E-state index contributed by atoms with van der Waals surface area (Å²) in [5.41, 5.74) is 4.06. The largest absolute Gasteiger partial charge is 0.307 e. The third kappa shape index (κ3) is 3.95. The quantitative estimate of drug-likeness (QED) is 0.709. The molecule has 0 aliphatic carbocycles. The zero-order valence-corrected chi connectivity index (χ0v) is 17.4. The van der Waals surface area contributed by atoms with Crippen molar-refractivity contribution in [2.75, 3.05) is 16.8 Å². The van der Waals surface area contributed by atoms with Crippen LogP contribution in [0.4, 0.5) is 5.82 Å². The van der Waals surface area contributed by atoms with Crippen LogP contribution in [-0.4, -0.2) is 45.4 Å². The van der Waals surface area contributed by atoms with Crippen molar-refractivity contribution >= 4 is 21.6 Å². The second-order valence-electron chi connectivity index (χ2n) is 7.51. The Morgan fingerprint density at radius 2 is 1.76 bits per heavy atom. The van der Waals surface area contributed by atoms with Crippen LogP contribution < -0.4 is 5.32 Å². The number of carbonyl (C=O) groups excluding carboxylic acids is 1. The van der Waals surface area contributed by atoms with E-state index < -0.39 is 9.84 Å². The van der Waals surface area contributed by atoms with E-state index in [-0.39, 0.29) is 23.5 Å². The van der Waals surface area contributed by atoms with E-state index in [0.717, 1.165) is 22.8 Å². The molecule has 1 amide bonds. The van der Waals surface area contributed by atoms with E-state index in [2.05, 4.69) is 15.5 Å². The Morgan fingerprint density at radius 1 is 1.07 bits per heavy atom. The monoisotopic (exact) mass is 413 g/mol. The summed E-state index contributed by atoms with van der Waals surface area (Å²) >= 11 is 0. The summed E-state index contributed by atoms with van der Waals surface area (Å²) in [6.07, 6.45) is 0.504. The number of nitrogens with one attached hydrogen (secondary N) is 1. The van der Waals surface area contributed by atoms with Gasteiger partial charge >= 0.3 is 0 Å². The maximum atomic E-state index is 12.7. The molecule has 4 rings (SSSR count). The number of aromatic nitrogens is 4. The summed E-state index contributed by atoms with van der Waals surface area (Å²) in [6.45, 7) is 5.73. The number of aryl methyl sites for hydroxylation is 3. The molecule has 3 heterocycles. The first-order valence-corrected chi connectivity index (χ1v) is 11.3. The van der Waals surface area contributed by atoms with Crippen molar-refractivity contribution in [2.24, 2.45) is 0 Å². The Morgan fingerprint density at radius 3 is 2.34 bits per heavy atom. The molecule has 1 saturated heterocycles. The van der Waals surface area contributed by atoms with Crippen LogP contribution in [0.15, 0.2) is 36.4 Å². The maximum Gasteiger partial charge on any atom is 0.256 e. The highest BCUT2D eigenvalue weighted by Crippen LogP contribution is 2.27. The van der Waals surface area contributed by atoms with Crippen LogP contribution in [0.1, 0.15) is 39.9 Å². The van der Waals surface area contributed by atoms with Crippen molar-refractivity contribution in [3.8, 4) is 5.69 Å². The minimum Gasteiger partial charge on any atom is -0.307 e. The van der Waals surface area contributed by atoms with Crippen LogP contribution in [0.3, 0.4) is 0 Å². The van der Waals surface area contributed by atoms with E-state index in [1.807, 2.05) is 43.7 Å². The lowest BCUT2D eigenvalue weighted by atomic mass is 10.2. The van der Waals surface area contributed by atoms with Gasteiger partial charge in [-0.1, -0.05) is 0 Å². The minimum atomic E-state index is -3.05. The summed E-state index contributed by atoms with van der Waals surface area (Å²) < 4.78 is 27.1. The van der Waals surface area contributed by atoms with Crippen molar-refractivity contribution in [2.45, 2.75) is 33.2 Å². The molecule has 8 nitrogen and oxygen atoms in total. The van der Waals surface area contributed by atoms with E-state index >= 15 is 0 Å². The van der Waals surface area contributed by atoms with Gasteiger partial charge in [-0.15, -0.1) is 0 Å². The summed E-state index contributed by atoms with van der Waals surface area (Å²) in [4.78, 5) is 12.7. The molecule has 1 fully saturated rings. The maximum absolute atomic E-state index is 12.7. The summed E-state index contributed by atoms with van der Waals surface area (Å²) in [5.74, 6) is 0.440. The van der Waals surface area contributed by atoms with Gasteiger partial charge in [-0.3, -0.25) is 4.79 Å². The lowest BCUT2D eigenvalue weighted by molar-refractivity contribution is 0.102.